The molecule has 0 aromatic carbocycles. The average molecular weight is 241 g/mol. The molecule has 1 fully saturated rings. The van der Waals surface area contributed by atoms with E-state index in [0.717, 1.165) is 6.54 Å². The first-order valence-corrected chi connectivity index (χ1v) is 7.16. The molecule has 2 atom stereocenters. The van der Waals surface area contributed by atoms with Crippen molar-refractivity contribution < 1.29 is 4.74 Å². The molecule has 0 aliphatic carbocycles. The lowest BCUT2D eigenvalue weighted by Gasteiger charge is -2.32. The Morgan fingerprint density at radius 1 is 1.35 bits per heavy atom. The van der Waals surface area contributed by atoms with Gasteiger partial charge >= 0.3 is 0 Å². The first kappa shape index (κ1) is 15.0. The number of ether oxygens (including phenoxy) is 1. The minimum Gasteiger partial charge on any atom is -0.372 e. The molecule has 0 radical (unpaired) electrons. The van der Waals surface area contributed by atoms with Crippen LogP contribution in [0.1, 0.15) is 67.2 Å². The van der Waals surface area contributed by atoms with Crippen LogP contribution >= 0.6 is 0 Å². The van der Waals surface area contributed by atoms with Gasteiger partial charge in [-0.3, -0.25) is 0 Å². The fraction of sp³-hybridized carbons (Fsp3) is 1.00. The molecule has 2 unspecified atom stereocenters. The van der Waals surface area contributed by atoms with Crippen molar-refractivity contribution in [3.63, 3.8) is 0 Å². The van der Waals surface area contributed by atoms with E-state index in [4.69, 9.17) is 4.74 Å². The number of hydrogen-bond acceptors (Lipinski definition) is 2. The summed E-state index contributed by atoms with van der Waals surface area (Å²) in [6.07, 6.45) is 5.33. The zero-order valence-electron chi connectivity index (χ0n) is 12.6. The van der Waals surface area contributed by atoms with Gasteiger partial charge in [0.25, 0.3) is 0 Å². The summed E-state index contributed by atoms with van der Waals surface area (Å²) in [5, 5.41) is 3.61. The van der Waals surface area contributed by atoms with Gasteiger partial charge in [-0.05, 0) is 51.5 Å². The summed E-state index contributed by atoms with van der Waals surface area (Å²) in [4.78, 5) is 0. The van der Waals surface area contributed by atoms with Crippen molar-refractivity contribution in [3.05, 3.63) is 0 Å². The van der Waals surface area contributed by atoms with Crippen LogP contribution < -0.4 is 5.32 Å². The van der Waals surface area contributed by atoms with Crippen molar-refractivity contribution in [2.45, 2.75) is 85.0 Å². The second-order valence-corrected chi connectivity index (χ2v) is 7.09. The predicted octanol–water partition coefficient (Wildman–Crippen LogP) is 3.75. The summed E-state index contributed by atoms with van der Waals surface area (Å²) in [5.41, 5.74) is 0.449. The van der Waals surface area contributed by atoms with Crippen LogP contribution in [0.3, 0.4) is 0 Å². The molecule has 1 heterocycles. The van der Waals surface area contributed by atoms with Crippen LogP contribution in [-0.4, -0.2) is 24.3 Å². The van der Waals surface area contributed by atoms with Crippen LogP contribution in [0.25, 0.3) is 0 Å². The van der Waals surface area contributed by atoms with Crippen molar-refractivity contribution in [2.75, 3.05) is 6.54 Å². The Morgan fingerprint density at radius 2 is 2.00 bits per heavy atom. The van der Waals surface area contributed by atoms with Crippen LogP contribution in [0, 0.1) is 5.41 Å². The normalized spacial score (nSPS) is 26.1. The molecule has 0 saturated carbocycles. The van der Waals surface area contributed by atoms with E-state index in [1.807, 2.05) is 0 Å². The maximum absolute atomic E-state index is 6.06. The molecule has 1 rings (SSSR count). The minimum absolute atomic E-state index is 0.111. The van der Waals surface area contributed by atoms with Crippen LogP contribution in [0.5, 0.6) is 0 Å². The highest BCUT2D eigenvalue weighted by atomic mass is 16.5. The third-order valence-electron chi connectivity index (χ3n) is 3.83. The summed E-state index contributed by atoms with van der Waals surface area (Å²) in [6.45, 7) is 14.6. The van der Waals surface area contributed by atoms with E-state index in [9.17, 15) is 0 Å². The Morgan fingerprint density at radius 3 is 2.41 bits per heavy atom. The van der Waals surface area contributed by atoms with Crippen LogP contribution in [-0.2, 0) is 4.74 Å². The van der Waals surface area contributed by atoms with E-state index >= 15 is 0 Å². The van der Waals surface area contributed by atoms with Gasteiger partial charge in [0.2, 0.25) is 0 Å². The third-order valence-corrected chi connectivity index (χ3v) is 3.83. The third kappa shape index (κ3) is 4.97. The van der Waals surface area contributed by atoms with Crippen LogP contribution in [0.15, 0.2) is 0 Å². The standard InChI is InChI=1S/C15H31NO/c1-7-16-13(14(2,3)4)9-8-12-10-11-15(5,6)17-12/h12-13,16H,7-11H2,1-6H3. The molecule has 1 aliphatic rings. The van der Waals surface area contributed by atoms with Crippen LogP contribution in [0.2, 0.25) is 0 Å². The maximum atomic E-state index is 6.06. The van der Waals surface area contributed by atoms with Gasteiger partial charge in [-0.15, -0.1) is 0 Å². The van der Waals surface area contributed by atoms with Gasteiger partial charge in [0.15, 0.2) is 0 Å². The second kappa shape index (κ2) is 5.71. The Hall–Kier alpha value is -0.0800. The van der Waals surface area contributed by atoms with Crippen molar-refractivity contribution in [2.24, 2.45) is 5.41 Å². The zero-order valence-corrected chi connectivity index (χ0v) is 12.6. The molecular formula is C15H31NO. The molecule has 17 heavy (non-hydrogen) atoms. The van der Waals surface area contributed by atoms with Gasteiger partial charge in [-0.2, -0.15) is 0 Å². The number of rotatable bonds is 5. The molecule has 1 saturated heterocycles. The van der Waals surface area contributed by atoms with Gasteiger partial charge in [-0.1, -0.05) is 27.7 Å². The Bertz CT molecular complexity index is 230. The highest BCUT2D eigenvalue weighted by Crippen LogP contribution is 2.33. The molecular weight excluding hydrogens is 210 g/mol. The van der Waals surface area contributed by atoms with Gasteiger partial charge in [0.05, 0.1) is 11.7 Å². The summed E-state index contributed by atoms with van der Waals surface area (Å²) in [7, 11) is 0. The zero-order chi connectivity index (χ0) is 13.1. The Balaban J connectivity index is 2.37. The summed E-state index contributed by atoms with van der Waals surface area (Å²) in [5.74, 6) is 0. The van der Waals surface area contributed by atoms with Gasteiger partial charge in [-0.25, -0.2) is 0 Å². The molecule has 102 valence electrons. The van der Waals surface area contributed by atoms with Crippen molar-refractivity contribution in [1.29, 1.82) is 0 Å². The van der Waals surface area contributed by atoms with Crippen molar-refractivity contribution in [1.82, 2.24) is 5.32 Å². The lowest BCUT2D eigenvalue weighted by molar-refractivity contribution is -0.0210. The fourth-order valence-corrected chi connectivity index (χ4v) is 2.72. The molecule has 0 aromatic heterocycles. The predicted molar refractivity (Wildman–Crippen MR) is 74.3 cm³/mol. The molecule has 0 spiro atoms. The topological polar surface area (TPSA) is 21.3 Å². The average Bonchev–Trinajstić information content (AvgIpc) is 2.51. The first-order valence-electron chi connectivity index (χ1n) is 7.16. The SMILES string of the molecule is CCNC(CCC1CCC(C)(C)O1)C(C)(C)C. The van der Waals surface area contributed by atoms with E-state index in [2.05, 4.69) is 46.9 Å². The van der Waals surface area contributed by atoms with E-state index in [1.165, 1.54) is 25.7 Å². The molecule has 1 N–H and O–H groups in total. The summed E-state index contributed by atoms with van der Waals surface area (Å²) in [6, 6.07) is 0.597. The van der Waals surface area contributed by atoms with E-state index in [-0.39, 0.29) is 5.60 Å². The molecule has 0 aromatic rings. The monoisotopic (exact) mass is 241 g/mol. The Kier molecular flexibility index (Phi) is 5.03. The Labute approximate surface area is 108 Å². The fourth-order valence-electron chi connectivity index (χ4n) is 2.72. The lowest BCUT2D eigenvalue weighted by Crippen LogP contribution is -2.40. The van der Waals surface area contributed by atoms with Gasteiger partial charge < -0.3 is 10.1 Å². The van der Waals surface area contributed by atoms with Crippen molar-refractivity contribution in [3.8, 4) is 0 Å². The number of nitrogens with one attached hydrogen (secondary N) is 1. The molecule has 2 heteroatoms. The first-order chi connectivity index (χ1) is 7.74. The summed E-state index contributed by atoms with van der Waals surface area (Å²) >= 11 is 0. The lowest BCUT2D eigenvalue weighted by atomic mass is 9.83. The minimum atomic E-state index is 0.111. The van der Waals surface area contributed by atoms with E-state index < -0.39 is 0 Å². The summed E-state index contributed by atoms with van der Waals surface area (Å²) < 4.78 is 6.06. The van der Waals surface area contributed by atoms with E-state index in [1.54, 1.807) is 0 Å². The molecule has 0 bridgehead atoms. The smallest absolute Gasteiger partial charge is 0.0631 e. The van der Waals surface area contributed by atoms with Gasteiger partial charge in [0.1, 0.15) is 0 Å². The largest absolute Gasteiger partial charge is 0.372 e. The number of hydrogen-bond donors (Lipinski definition) is 1. The maximum Gasteiger partial charge on any atom is 0.0631 e. The van der Waals surface area contributed by atoms with Gasteiger partial charge in [0, 0.05) is 6.04 Å². The quantitative estimate of drug-likeness (QED) is 0.791. The highest BCUT2D eigenvalue weighted by molar-refractivity contribution is 4.85. The van der Waals surface area contributed by atoms with E-state index in [0.29, 0.717) is 17.6 Å². The van der Waals surface area contributed by atoms with Crippen molar-refractivity contribution >= 4 is 0 Å². The molecule has 2 nitrogen and oxygen atoms in total. The molecule has 1 aliphatic heterocycles. The second-order valence-electron chi connectivity index (χ2n) is 7.09. The highest BCUT2D eigenvalue weighted by Gasteiger charge is 2.32. The molecule has 0 amide bonds. The van der Waals surface area contributed by atoms with Crippen LogP contribution in [0.4, 0.5) is 0 Å².